The topological polar surface area (TPSA) is 42.9 Å². The quantitative estimate of drug-likeness (QED) is 0.810. The first kappa shape index (κ1) is 11.0. The van der Waals surface area contributed by atoms with Gasteiger partial charge in [0.25, 0.3) is 0 Å². The highest BCUT2D eigenvalue weighted by molar-refractivity contribution is 9.10. The van der Waals surface area contributed by atoms with Gasteiger partial charge in [-0.15, -0.1) is 0 Å². The van der Waals surface area contributed by atoms with Gasteiger partial charge in [-0.25, -0.2) is 0 Å². The van der Waals surface area contributed by atoms with Gasteiger partial charge in [-0.1, -0.05) is 6.07 Å². The number of halogens is 1. The van der Waals surface area contributed by atoms with Gasteiger partial charge in [-0.05, 0) is 33.6 Å². The zero-order valence-electron chi connectivity index (χ0n) is 8.43. The number of Topliss-reactive ketones (excluding diaryl/α,β-unsaturated/α-hetero) is 1. The van der Waals surface area contributed by atoms with Crippen molar-refractivity contribution >= 4 is 21.7 Å². The summed E-state index contributed by atoms with van der Waals surface area (Å²) in [5, 5.41) is 0. The first-order valence-electron chi connectivity index (χ1n) is 4.78. The van der Waals surface area contributed by atoms with E-state index < -0.39 is 0 Å². The van der Waals surface area contributed by atoms with E-state index in [0.717, 1.165) is 10.0 Å². The van der Waals surface area contributed by atoms with Crippen LogP contribution in [0.4, 0.5) is 0 Å². The summed E-state index contributed by atoms with van der Waals surface area (Å²) in [6.45, 7) is 0. The van der Waals surface area contributed by atoms with Gasteiger partial charge >= 0.3 is 0 Å². The molecular formula is C12H9BrN2O. The van der Waals surface area contributed by atoms with E-state index >= 15 is 0 Å². The Bertz CT molecular complexity index is 499. The maximum absolute atomic E-state index is 11.9. The van der Waals surface area contributed by atoms with E-state index in [1.165, 1.54) is 0 Å². The zero-order chi connectivity index (χ0) is 11.4. The van der Waals surface area contributed by atoms with Crippen molar-refractivity contribution in [1.29, 1.82) is 0 Å². The number of hydrogen-bond donors (Lipinski definition) is 0. The average molecular weight is 277 g/mol. The molecule has 0 aliphatic rings. The maximum Gasteiger partial charge on any atom is 0.168 e. The number of carbonyl (C=O) groups excluding carboxylic acids is 1. The van der Waals surface area contributed by atoms with Crippen LogP contribution in [0.1, 0.15) is 15.9 Å². The van der Waals surface area contributed by atoms with E-state index in [-0.39, 0.29) is 5.78 Å². The van der Waals surface area contributed by atoms with E-state index in [0.29, 0.717) is 12.0 Å². The summed E-state index contributed by atoms with van der Waals surface area (Å²) in [4.78, 5) is 19.8. The van der Waals surface area contributed by atoms with Crippen molar-refractivity contribution in [1.82, 2.24) is 9.97 Å². The molecule has 0 fully saturated rings. The van der Waals surface area contributed by atoms with Crippen molar-refractivity contribution in [3.8, 4) is 0 Å². The smallest absolute Gasteiger partial charge is 0.168 e. The minimum Gasteiger partial charge on any atom is -0.294 e. The summed E-state index contributed by atoms with van der Waals surface area (Å²) >= 11 is 3.29. The van der Waals surface area contributed by atoms with Crippen LogP contribution >= 0.6 is 15.9 Å². The van der Waals surface area contributed by atoms with E-state index in [2.05, 4.69) is 25.9 Å². The van der Waals surface area contributed by atoms with Crippen LogP contribution in [0, 0.1) is 0 Å². The lowest BCUT2D eigenvalue weighted by atomic mass is 10.1. The third-order valence-electron chi connectivity index (χ3n) is 2.11. The van der Waals surface area contributed by atoms with Crippen LogP contribution in [0.5, 0.6) is 0 Å². The van der Waals surface area contributed by atoms with Crippen LogP contribution in [0.15, 0.2) is 47.5 Å². The third-order valence-corrected chi connectivity index (χ3v) is 2.55. The second-order valence-corrected chi connectivity index (χ2v) is 4.27. The number of ketones is 1. The molecular weight excluding hydrogens is 268 g/mol. The van der Waals surface area contributed by atoms with E-state index in [9.17, 15) is 4.79 Å². The van der Waals surface area contributed by atoms with Crippen LogP contribution < -0.4 is 0 Å². The Balaban J connectivity index is 2.15. The molecule has 0 radical (unpaired) electrons. The minimum absolute atomic E-state index is 0.0433. The molecule has 2 aromatic heterocycles. The average Bonchev–Trinajstić information content (AvgIpc) is 2.30. The van der Waals surface area contributed by atoms with Crippen molar-refractivity contribution < 1.29 is 4.79 Å². The Morgan fingerprint density at radius 2 is 2.12 bits per heavy atom. The van der Waals surface area contributed by atoms with Crippen molar-refractivity contribution in [2.75, 3.05) is 0 Å². The van der Waals surface area contributed by atoms with Crippen molar-refractivity contribution in [3.05, 3.63) is 58.6 Å². The van der Waals surface area contributed by atoms with Gasteiger partial charge in [0.1, 0.15) is 0 Å². The summed E-state index contributed by atoms with van der Waals surface area (Å²) in [6, 6.07) is 5.48. The number of aromatic nitrogens is 2. The summed E-state index contributed by atoms with van der Waals surface area (Å²) in [6.07, 6.45) is 6.97. The summed E-state index contributed by atoms with van der Waals surface area (Å²) in [5.41, 5.74) is 1.52. The zero-order valence-corrected chi connectivity index (χ0v) is 10.0. The fraction of sp³-hybridized carbons (Fsp3) is 0.0833. The summed E-state index contributed by atoms with van der Waals surface area (Å²) in [7, 11) is 0. The van der Waals surface area contributed by atoms with Gasteiger partial charge < -0.3 is 0 Å². The molecule has 0 aromatic carbocycles. The van der Waals surface area contributed by atoms with E-state index in [4.69, 9.17) is 0 Å². The van der Waals surface area contributed by atoms with Gasteiger partial charge in [-0.2, -0.15) is 0 Å². The molecule has 2 heterocycles. The maximum atomic E-state index is 11.9. The standard InChI is InChI=1S/C12H9BrN2O/c13-11-5-10(7-15-8-11)12(16)4-9-2-1-3-14-6-9/h1-3,5-8H,4H2. The van der Waals surface area contributed by atoms with Gasteiger partial charge in [0.2, 0.25) is 0 Å². The lowest BCUT2D eigenvalue weighted by Gasteiger charge is -2.00. The van der Waals surface area contributed by atoms with Gasteiger partial charge in [-0.3, -0.25) is 14.8 Å². The first-order chi connectivity index (χ1) is 7.75. The monoisotopic (exact) mass is 276 g/mol. The lowest BCUT2D eigenvalue weighted by molar-refractivity contribution is 0.0992. The Kier molecular flexibility index (Phi) is 3.41. The van der Waals surface area contributed by atoms with Gasteiger partial charge in [0.15, 0.2) is 5.78 Å². The molecule has 16 heavy (non-hydrogen) atoms. The molecule has 80 valence electrons. The Morgan fingerprint density at radius 1 is 1.25 bits per heavy atom. The number of carbonyl (C=O) groups is 1. The second kappa shape index (κ2) is 4.99. The van der Waals surface area contributed by atoms with Crippen LogP contribution in [-0.2, 0) is 6.42 Å². The molecule has 0 amide bonds. The molecule has 0 atom stereocenters. The largest absolute Gasteiger partial charge is 0.294 e. The highest BCUT2D eigenvalue weighted by atomic mass is 79.9. The fourth-order valence-corrected chi connectivity index (χ4v) is 1.72. The molecule has 0 N–H and O–H groups in total. The molecule has 0 bridgehead atoms. The molecule has 0 unspecified atom stereocenters. The first-order valence-corrected chi connectivity index (χ1v) is 5.57. The fourth-order valence-electron chi connectivity index (χ4n) is 1.35. The highest BCUT2D eigenvalue weighted by Crippen LogP contribution is 2.12. The number of hydrogen-bond acceptors (Lipinski definition) is 3. The predicted molar refractivity (Wildman–Crippen MR) is 64.2 cm³/mol. The van der Waals surface area contributed by atoms with Crippen molar-refractivity contribution in [2.24, 2.45) is 0 Å². The number of rotatable bonds is 3. The molecule has 0 saturated heterocycles. The molecule has 2 rings (SSSR count). The van der Waals surface area contributed by atoms with Crippen LogP contribution in [0.3, 0.4) is 0 Å². The Labute approximate surface area is 102 Å². The van der Waals surface area contributed by atoms with E-state index in [1.54, 1.807) is 30.9 Å². The van der Waals surface area contributed by atoms with Crippen LogP contribution in [0.25, 0.3) is 0 Å². The van der Waals surface area contributed by atoms with Gasteiger partial charge in [0, 0.05) is 41.2 Å². The molecule has 0 aliphatic carbocycles. The Hall–Kier alpha value is -1.55. The third kappa shape index (κ3) is 2.73. The lowest BCUT2D eigenvalue weighted by Crippen LogP contribution is -2.04. The summed E-state index contributed by atoms with van der Waals surface area (Å²) in [5.74, 6) is 0.0433. The Morgan fingerprint density at radius 3 is 2.81 bits per heavy atom. The molecule has 4 heteroatoms. The molecule has 3 nitrogen and oxygen atoms in total. The molecule has 0 aliphatic heterocycles. The minimum atomic E-state index is 0.0433. The van der Waals surface area contributed by atoms with E-state index in [1.807, 2.05) is 12.1 Å². The van der Waals surface area contributed by atoms with Crippen molar-refractivity contribution in [2.45, 2.75) is 6.42 Å². The molecule has 0 saturated carbocycles. The van der Waals surface area contributed by atoms with Crippen LogP contribution in [-0.4, -0.2) is 15.8 Å². The van der Waals surface area contributed by atoms with Crippen LogP contribution in [0.2, 0.25) is 0 Å². The van der Waals surface area contributed by atoms with Crippen molar-refractivity contribution in [3.63, 3.8) is 0 Å². The molecule has 2 aromatic rings. The second-order valence-electron chi connectivity index (χ2n) is 3.35. The number of nitrogens with zero attached hydrogens (tertiary/aromatic N) is 2. The predicted octanol–water partition coefficient (Wildman–Crippen LogP) is 2.66. The summed E-state index contributed by atoms with van der Waals surface area (Å²) < 4.78 is 0.810. The highest BCUT2D eigenvalue weighted by Gasteiger charge is 2.07. The normalized spacial score (nSPS) is 10.1. The number of pyridine rings is 2. The molecule has 0 spiro atoms. The van der Waals surface area contributed by atoms with Gasteiger partial charge in [0.05, 0.1) is 0 Å². The SMILES string of the molecule is O=C(Cc1cccnc1)c1cncc(Br)c1.